The first-order valence-electron chi connectivity index (χ1n) is 8.88. The second-order valence-corrected chi connectivity index (χ2v) is 7.28. The van der Waals surface area contributed by atoms with Crippen LogP contribution < -0.4 is 0 Å². The molecule has 0 heterocycles. The lowest BCUT2D eigenvalue weighted by Crippen LogP contribution is -2.21. The van der Waals surface area contributed by atoms with Gasteiger partial charge in [-0.25, -0.2) is 9.59 Å². The van der Waals surface area contributed by atoms with Gasteiger partial charge in [-0.05, 0) is 54.9 Å². The molecule has 0 amide bonds. The van der Waals surface area contributed by atoms with Gasteiger partial charge in [0.2, 0.25) is 0 Å². The minimum Gasteiger partial charge on any atom is -0.465 e. The SMILES string of the molecule is COC(=O)C(C(=O)OC)=C1CCCCC[C@H]1C/C=C/c1ccc(Br)cc1. The topological polar surface area (TPSA) is 52.6 Å². The Morgan fingerprint density at radius 1 is 1.08 bits per heavy atom. The van der Waals surface area contributed by atoms with E-state index in [1.807, 2.05) is 24.3 Å². The van der Waals surface area contributed by atoms with Crippen molar-refractivity contribution in [3.8, 4) is 0 Å². The standard InChI is InChI=1S/C21H25BrO4/c1-25-20(23)19(21(24)26-2)18-10-5-3-4-8-16(18)9-6-7-15-11-13-17(22)14-12-15/h6-7,11-14,16H,3-5,8-10H2,1-2H3/b7-6+/t16-/m0/s1. The number of benzene rings is 1. The average molecular weight is 421 g/mol. The maximum atomic E-state index is 12.2. The summed E-state index contributed by atoms with van der Waals surface area (Å²) in [6.07, 6.45) is 9.83. The van der Waals surface area contributed by atoms with Crippen molar-refractivity contribution in [3.63, 3.8) is 0 Å². The van der Waals surface area contributed by atoms with Gasteiger partial charge in [0.15, 0.2) is 0 Å². The van der Waals surface area contributed by atoms with Gasteiger partial charge >= 0.3 is 11.9 Å². The number of allylic oxidation sites excluding steroid dienone is 2. The Morgan fingerprint density at radius 3 is 2.35 bits per heavy atom. The van der Waals surface area contributed by atoms with E-state index in [1.54, 1.807) is 0 Å². The van der Waals surface area contributed by atoms with Gasteiger partial charge in [-0.2, -0.15) is 0 Å². The molecule has 1 aliphatic rings. The number of halogens is 1. The van der Waals surface area contributed by atoms with Crippen LogP contribution in [-0.4, -0.2) is 26.2 Å². The summed E-state index contributed by atoms with van der Waals surface area (Å²) in [7, 11) is 2.59. The molecule has 0 aliphatic heterocycles. The van der Waals surface area contributed by atoms with Crippen LogP contribution in [0.25, 0.3) is 6.08 Å². The van der Waals surface area contributed by atoms with Crippen LogP contribution in [0.3, 0.4) is 0 Å². The van der Waals surface area contributed by atoms with Crippen molar-refractivity contribution in [2.75, 3.05) is 14.2 Å². The number of rotatable bonds is 5. The number of methoxy groups -OCH3 is 2. The second kappa shape index (κ2) is 10.3. The van der Waals surface area contributed by atoms with Gasteiger partial charge in [-0.15, -0.1) is 0 Å². The maximum absolute atomic E-state index is 12.2. The Kier molecular flexibility index (Phi) is 8.10. The van der Waals surface area contributed by atoms with E-state index in [1.165, 1.54) is 14.2 Å². The predicted octanol–water partition coefficient (Wildman–Crippen LogP) is 5.08. The van der Waals surface area contributed by atoms with Crippen molar-refractivity contribution < 1.29 is 19.1 Å². The van der Waals surface area contributed by atoms with E-state index in [0.29, 0.717) is 0 Å². The lowest BCUT2D eigenvalue weighted by molar-refractivity contribution is -0.144. The average Bonchev–Trinajstić information content (AvgIpc) is 2.89. The van der Waals surface area contributed by atoms with Gasteiger partial charge in [-0.3, -0.25) is 0 Å². The van der Waals surface area contributed by atoms with Gasteiger partial charge in [0.05, 0.1) is 14.2 Å². The molecule has 1 aromatic carbocycles. The summed E-state index contributed by atoms with van der Waals surface area (Å²) in [6.45, 7) is 0. The number of carbonyl (C=O) groups is 2. The molecule has 2 rings (SSSR count). The van der Waals surface area contributed by atoms with Crippen molar-refractivity contribution in [1.29, 1.82) is 0 Å². The molecule has 1 atom stereocenters. The smallest absolute Gasteiger partial charge is 0.345 e. The monoisotopic (exact) mass is 420 g/mol. The lowest BCUT2D eigenvalue weighted by Gasteiger charge is -2.19. The molecule has 0 unspecified atom stereocenters. The summed E-state index contributed by atoms with van der Waals surface area (Å²) in [5.41, 5.74) is 2.08. The fraction of sp³-hybridized carbons (Fsp3) is 0.429. The Balaban J connectivity index is 2.26. The molecule has 0 aromatic heterocycles. The van der Waals surface area contributed by atoms with Crippen LogP contribution in [0.15, 0.2) is 46.0 Å². The minimum absolute atomic E-state index is 0.0824. The first-order chi connectivity index (χ1) is 12.6. The molecule has 26 heavy (non-hydrogen) atoms. The number of esters is 2. The summed E-state index contributed by atoms with van der Waals surface area (Å²) >= 11 is 3.43. The van der Waals surface area contributed by atoms with E-state index in [-0.39, 0.29) is 11.5 Å². The molecule has 5 heteroatoms. The molecule has 140 valence electrons. The molecular weight excluding hydrogens is 396 g/mol. The Morgan fingerprint density at radius 2 is 1.73 bits per heavy atom. The molecule has 1 saturated carbocycles. The largest absolute Gasteiger partial charge is 0.465 e. The zero-order valence-corrected chi connectivity index (χ0v) is 16.9. The third kappa shape index (κ3) is 5.56. The first kappa shape index (κ1) is 20.4. The highest BCUT2D eigenvalue weighted by molar-refractivity contribution is 9.10. The molecular formula is C21H25BrO4. The Hall–Kier alpha value is -1.88. The van der Waals surface area contributed by atoms with Crippen molar-refractivity contribution >= 4 is 33.9 Å². The van der Waals surface area contributed by atoms with Crippen molar-refractivity contribution in [2.45, 2.75) is 38.5 Å². The van der Waals surface area contributed by atoms with Gasteiger partial charge in [0, 0.05) is 4.47 Å². The van der Waals surface area contributed by atoms with E-state index in [0.717, 1.165) is 54.1 Å². The summed E-state index contributed by atoms with van der Waals surface area (Å²) in [6, 6.07) is 8.09. The number of hydrogen-bond acceptors (Lipinski definition) is 4. The molecule has 1 aromatic rings. The fourth-order valence-electron chi connectivity index (χ4n) is 3.34. The highest BCUT2D eigenvalue weighted by atomic mass is 79.9. The Bertz CT molecular complexity index is 670. The zero-order chi connectivity index (χ0) is 18.9. The molecule has 0 saturated heterocycles. The fourth-order valence-corrected chi connectivity index (χ4v) is 3.61. The number of hydrogen-bond donors (Lipinski definition) is 0. The molecule has 0 radical (unpaired) electrons. The highest BCUT2D eigenvalue weighted by Crippen LogP contribution is 2.34. The van der Waals surface area contributed by atoms with E-state index >= 15 is 0 Å². The zero-order valence-electron chi connectivity index (χ0n) is 15.3. The van der Waals surface area contributed by atoms with Crippen LogP contribution in [0.1, 0.15) is 44.1 Å². The molecule has 1 fully saturated rings. The maximum Gasteiger partial charge on any atom is 0.345 e. The van der Waals surface area contributed by atoms with E-state index in [9.17, 15) is 9.59 Å². The summed E-state index contributed by atoms with van der Waals surface area (Å²) in [5, 5.41) is 0. The molecule has 4 nitrogen and oxygen atoms in total. The number of ether oxygens (including phenoxy) is 2. The second-order valence-electron chi connectivity index (χ2n) is 6.37. The van der Waals surface area contributed by atoms with Crippen LogP contribution in [-0.2, 0) is 19.1 Å². The van der Waals surface area contributed by atoms with Gasteiger partial charge in [-0.1, -0.05) is 53.1 Å². The highest BCUT2D eigenvalue weighted by Gasteiger charge is 2.29. The van der Waals surface area contributed by atoms with Crippen LogP contribution in [0.5, 0.6) is 0 Å². The quantitative estimate of drug-likeness (QED) is 0.219. The summed E-state index contributed by atoms with van der Waals surface area (Å²) in [5.74, 6) is -1.05. The Labute approximate surface area is 163 Å². The minimum atomic E-state index is -0.601. The summed E-state index contributed by atoms with van der Waals surface area (Å²) in [4.78, 5) is 24.4. The third-order valence-corrected chi connectivity index (χ3v) is 5.22. The normalized spacial score (nSPS) is 17.7. The summed E-state index contributed by atoms with van der Waals surface area (Å²) < 4.78 is 10.7. The van der Waals surface area contributed by atoms with Gasteiger partial charge in [0.25, 0.3) is 0 Å². The van der Waals surface area contributed by atoms with Gasteiger partial charge in [0.1, 0.15) is 5.57 Å². The predicted molar refractivity (Wildman–Crippen MR) is 105 cm³/mol. The van der Waals surface area contributed by atoms with Crippen LogP contribution in [0, 0.1) is 5.92 Å². The first-order valence-corrected chi connectivity index (χ1v) is 9.68. The van der Waals surface area contributed by atoms with E-state index in [4.69, 9.17) is 9.47 Å². The number of carbonyl (C=O) groups excluding carboxylic acids is 2. The van der Waals surface area contributed by atoms with E-state index in [2.05, 4.69) is 28.1 Å². The van der Waals surface area contributed by atoms with Crippen molar-refractivity contribution in [2.24, 2.45) is 5.92 Å². The third-order valence-electron chi connectivity index (χ3n) is 4.69. The molecule has 0 bridgehead atoms. The molecule has 0 spiro atoms. The molecule has 0 N–H and O–H groups in total. The molecule has 1 aliphatic carbocycles. The van der Waals surface area contributed by atoms with Crippen molar-refractivity contribution in [3.05, 3.63) is 51.5 Å². The van der Waals surface area contributed by atoms with Crippen LogP contribution in [0.2, 0.25) is 0 Å². The van der Waals surface area contributed by atoms with Crippen molar-refractivity contribution in [1.82, 2.24) is 0 Å². The van der Waals surface area contributed by atoms with Crippen LogP contribution >= 0.6 is 15.9 Å². The van der Waals surface area contributed by atoms with E-state index < -0.39 is 11.9 Å². The lowest BCUT2D eigenvalue weighted by atomic mass is 9.87. The van der Waals surface area contributed by atoms with Crippen LogP contribution in [0.4, 0.5) is 0 Å². The van der Waals surface area contributed by atoms with Gasteiger partial charge < -0.3 is 9.47 Å².